The normalized spacial score (nSPS) is 32.9. The molecule has 2 aromatic rings. The van der Waals surface area contributed by atoms with Gasteiger partial charge in [0.2, 0.25) is 0 Å². The first-order valence-corrected chi connectivity index (χ1v) is 28.8. The van der Waals surface area contributed by atoms with Gasteiger partial charge in [0.1, 0.15) is 23.7 Å². The molecule has 2 aliphatic heterocycles. The second-order valence-corrected chi connectivity index (χ2v) is 28.8. The number of cyclic esters (lactones) is 2. The zero-order valence-electron chi connectivity index (χ0n) is 42.9. The quantitative estimate of drug-likeness (QED) is 0.141. The van der Waals surface area contributed by atoms with Crippen molar-refractivity contribution in [1.29, 1.82) is 0 Å². The summed E-state index contributed by atoms with van der Waals surface area (Å²) in [6.45, 7) is 29.9. The van der Waals surface area contributed by atoms with Crippen LogP contribution < -0.4 is 4.74 Å². The molecule has 7 nitrogen and oxygen atoms in total. The maximum Gasteiger partial charge on any atom is 0.338 e. The van der Waals surface area contributed by atoms with Gasteiger partial charge >= 0.3 is 17.9 Å². The van der Waals surface area contributed by atoms with Gasteiger partial charge < -0.3 is 19.3 Å². The zero-order valence-corrected chi connectivity index (χ0v) is 49.3. The van der Waals surface area contributed by atoms with E-state index in [2.05, 4.69) is 118 Å². The molecule has 0 amide bonds. The first kappa shape index (κ1) is 58.7. The minimum absolute atomic E-state index is 0. The molecule has 0 spiro atoms. The molecule has 10 atom stereocenters. The summed E-state index contributed by atoms with van der Waals surface area (Å²) in [5.74, 6) is 0.658. The highest BCUT2D eigenvalue weighted by atomic mass is 79.9. The minimum Gasteiger partial charge on any atom is -0.508 e. The predicted octanol–water partition coefficient (Wildman–Crippen LogP) is 17.1. The van der Waals surface area contributed by atoms with E-state index < -0.39 is 0 Å². The lowest BCUT2D eigenvalue weighted by Gasteiger charge is -2.47. The number of halogens is 4. The van der Waals surface area contributed by atoms with Gasteiger partial charge in [0.15, 0.2) is 0 Å². The van der Waals surface area contributed by atoms with Crippen LogP contribution in [0.3, 0.4) is 0 Å². The zero-order chi connectivity index (χ0) is 51.0. The van der Waals surface area contributed by atoms with Crippen molar-refractivity contribution in [3.05, 3.63) is 94.1 Å². The van der Waals surface area contributed by atoms with Gasteiger partial charge in [-0.1, -0.05) is 136 Å². The smallest absolute Gasteiger partial charge is 0.338 e. The van der Waals surface area contributed by atoms with Crippen molar-refractivity contribution < 1.29 is 33.7 Å². The number of benzene rings is 2. The number of phenolic OH excluding ortho intramolecular Hbond substituents is 1. The van der Waals surface area contributed by atoms with Crippen molar-refractivity contribution in [1.82, 2.24) is 0 Å². The summed E-state index contributed by atoms with van der Waals surface area (Å²) in [7, 11) is 0. The van der Waals surface area contributed by atoms with E-state index in [4.69, 9.17) is 14.2 Å². The van der Waals surface area contributed by atoms with Gasteiger partial charge in [0.05, 0.1) is 15.5 Å². The molecular formula is C59H82Br4O7. The van der Waals surface area contributed by atoms with E-state index in [1.807, 2.05) is 32.9 Å². The van der Waals surface area contributed by atoms with Crippen LogP contribution in [-0.2, 0) is 27.1 Å². The molecule has 3 aliphatic carbocycles. The van der Waals surface area contributed by atoms with Gasteiger partial charge in [-0.2, -0.15) is 0 Å². The first-order chi connectivity index (χ1) is 32.1. The van der Waals surface area contributed by atoms with Crippen LogP contribution in [0.2, 0.25) is 0 Å². The van der Waals surface area contributed by atoms with Crippen LogP contribution in [0.1, 0.15) is 192 Å². The third-order valence-corrected chi connectivity index (χ3v) is 22.4. The van der Waals surface area contributed by atoms with Gasteiger partial charge in [0.25, 0.3) is 0 Å². The number of hydrogen-bond acceptors (Lipinski definition) is 7. The van der Waals surface area contributed by atoms with E-state index in [-0.39, 0.29) is 69.8 Å². The van der Waals surface area contributed by atoms with Crippen LogP contribution in [-0.4, -0.2) is 54.0 Å². The highest BCUT2D eigenvalue weighted by Gasteiger charge is 2.52. The molecule has 1 N–H and O–H groups in total. The summed E-state index contributed by atoms with van der Waals surface area (Å²) in [5.41, 5.74) is 7.88. The molecule has 2 heterocycles. The van der Waals surface area contributed by atoms with Crippen molar-refractivity contribution in [2.45, 2.75) is 204 Å². The maximum absolute atomic E-state index is 13.4. The molecule has 7 rings (SSSR count). The van der Waals surface area contributed by atoms with Gasteiger partial charge in [-0.25, -0.2) is 9.59 Å². The van der Waals surface area contributed by atoms with E-state index >= 15 is 0 Å². The Labute approximate surface area is 455 Å². The van der Waals surface area contributed by atoms with E-state index in [0.29, 0.717) is 49.6 Å². The highest BCUT2D eigenvalue weighted by Crippen LogP contribution is 2.61. The van der Waals surface area contributed by atoms with E-state index in [9.17, 15) is 19.5 Å². The van der Waals surface area contributed by atoms with Crippen LogP contribution in [0.4, 0.5) is 0 Å². The van der Waals surface area contributed by atoms with Gasteiger partial charge in [0, 0.05) is 26.8 Å². The Kier molecular flexibility index (Phi) is 19.4. The van der Waals surface area contributed by atoms with Crippen molar-refractivity contribution in [3.8, 4) is 11.5 Å². The molecule has 0 unspecified atom stereocenters. The van der Waals surface area contributed by atoms with Gasteiger partial charge in [-0.15, -0.1) is 0 Å². The Morgan fingerprint density at radius 2 is 1.43 bits per heavy atom. The second-order valence-electron chi connectivity index (χ2n) is 23.4. The summed E-state index contributed by atoms with van der Waals surface area (Å²) in [6, 6.07) is 10.4. The standard InChI is InChI=1S/C30H41Br3O4.C28H37BrO3.CH4/c1-18-8-11-25(32)30(7)15-12-24(31)28(3,4)14-13-26(29(5,6)33)37-27(35)20-9-10-23(36-19(2)34)21(16-20)17-22(18)30;1-17(2)24-11-12-27(4)16-21(27)10-13-28(5)22(18(3)6-9-25(28)29)15-20-14-19(26(31)32-24)7-8-23(20)30;/h9-10,16,24-26H,8,11-15,17H2,1-7H3;7-8,14,21-22,24-25,30H,1,3,6,9-13,15-16H2,2,4-5H3;1H4/t24-,25+,26+,30+;21-,22-,24+,25+,27-,28+;/m11./s1. The molecule has 0 aromatic heterocycles. The molecule has 2 fully saturated rings. The van der Waals surface area contributed by atoms with Gasteiger partial charge in [-0.3, -0.25) is 4.79 Å². The van der Waals surface area contributed by atoms with Crippen molar-refractivity contribution in [2.75, 3.05) is 0 Å². The Morgan fingerprint density at radius 1 is 0.800 bits per heavy atom. The molecular weight excluding hydrogens is 1140 g/mol. The molecule has 0 radical (unpaired) electrons. The largest absolute Gasteiger partial charge is 0.508 e. The number of alkyl halides is 4. The number of ether oxygens (including phenoxy) is 3. The molecule has 5 aliphatic rings. The summed E-state index contributed by atoms with van der Waals surface area (Å²) < 4.78 is 17.2. The summed E-state index contributed by atoms with van der Waals surface area (Å²) in [5, 5.41) is 10.6. The van der Waals surface area contributed by atoms with Crippen molar-refractivity contribution >= 4 is 81.6 Å². The van der Waals surface area contributed by atoms with E-state index in [0.717, 1.165) is 93.2 Å². The number of carbonyl (C=O) groups is 3. The lowest BCUT2D eigenvalue weighted by molar-refractivity contribution is -0.131. The Morgan fingerprint density at radius 3 is 2.07 bits per heavy atom. The van der Waals surface area contributed by atoms with Crippen LogP contribution in [0.15, 0.2) is 71.8 Å². The average molecular weight is 1220 g/mol. The summed E-state index contributed by atoms with van der Waals surface area (Å²) in [6.07, 6.45) is 14.2. The van der Waals surface area contributed by atoms with Crippen LogP contribution in [0.5, 0.6) is 11.5 Å². The SMILES string of the molecule is C.C=C(C)[C@@H]1CC[C@]2(C)C[C@H]2CC[C@@]2(C)[C@H](Cc3cc(ccc3O)C(=O)O1)C(=C)CC[C@@H]2Br.CC(=O)Oc1ccc2cc1CC1=C(C)CC[C@H](Br)[C@@]1(C)CC[C@@H](Br)C(C)(C)CC[C@@H](C(C)(C)Br)OC2=O. The number of carbonyl (C=O) groups excluding carboxylic acids is 3. The predicted molar refractivity (Wildman–Crippen MR) is 301 cm³/mol. The van der Waals surface area contributed by atoms with Crippen molar-refractivity contribution in [2.24, 2.45) is 33.5 Å². The molecule has 388 valence electrons. The van der Waals surface area contributed by atoms with Crippen LogP contribution >= 0.6 is 63.7 Å². The first-order valence-electron chi connectivity index (χ1n) is 25.3. The number of hydrogen-bond donors (Lipinski definition) is 1. The van der Waals surface area contributed by atoms with E-state index in [1.165, 1.54) is 36.5 Å². The Bertz CT molecular complexity index is 2310. The summed E-state index contributed by atoms with van der Waals surface area (Å²) in [4.78, 5) is 39.4. The van der Waals surface area contributed by atoms with Gasteiger partial charge in [-0.05, 0) is 205 Å². The van der Waals surface area contributed by atoms with Crippen LogP contribution in [0, 0.1) is 33.5 Å². The molecule has 4 bridgehead atoms. The molecule has 70 heavy (non-hydrogen) atoms. The molecule has 0 saturated heterocycles. The third-order valence-electron chi connectivity index (χ3n) is 17.2. The summed E-state index contributed by atoms with van der Waals surface area (Å²) >= 11 is 15.9. The third kappa shape index (κ3) is 13.5. The topological polar surface area (TPSA) is 99.1 Å². The number of rotatable bonds is 3. The lowest BCUT2D eigenvalue weighted by Crippen LogP contribution is -2.42. The number of fused-ring (bicyclic) bond motifs is 7. The average Bonchev–Trinajstić information content (AvgIpc) is 3.93. The minimum atomic E-state index is -0.372. The highest BCUT2D eigenvalue weighted by molar-refractivity contribution is 9.10. The second kappa shape index (κ2) is 23.1. The monoisotopic (exact) mass is 1220 g/mol. The molecule has 2 aromatic carbocycles. The fraction of sp³-hybridized carbons (Fsp3) is 0.644. The number of aromatic hydroxyl groups is 1. The maximum atomic E-state index is 13.4. The molecule has 11 heteroatoms. The Balaban J connectivity index is 0.000000259. The van der Waals surface area contributed by atoms with Crippen LogP contribution in [0.25, 0.3) is 0 Å². The Hall–Kier alpha value is -2.21. The fourth-order valence-corrected chi connectivity index (χ4v) is 14.1. The number of esters is 3. The number of allylic oxidation sites excluding steroid dienone is 3. The fourth-order valence-electron chi connectivity index (χ4n) is 11.8. The van der Waals surface area contributed by atoms with Crippen molar-refractivity contribution in [3.63, 3.8) is 0 Å². The van der Waals surface area contributed by atoms with E-state index in [1.54, 1.807) is 24.3 Å². The number of phenols is 1. The lowest BCUT2D eigenvalue weighted by atomic mass is 9.61. The molecule has 2 saturated carbocycles.